The summed E-state index contributed by atoms with van der Waals surface area (Å²) in [4.78, 5) is 10.2. The summed E-state index contributed by atoms with van der Waals surface area (Å²) in [5, 5.41) is 0. The highest BCUT2D eigenvalue weighted by Crippen LogP contribution is 1.97. The van der Waals surface area contributed by atoms with E-state index in [2.05, 4.69) is 0 Å². The Kier molecular flexibility index (Phi) is 4.53. The first kappa shape index (κ1) is 8.78. The van der Waals surface area contributed by atoms with Crippen LogP contribution in [0.15, 0.2) is 0 Å². The third-order valence-electron chi connectivity index (χ3n) is 0.970. The molecule has 1 atom stereocenters. The molecule has 1 amide bonds. The van der Waals surface area contributed by atoms with Gasteiger partial charge >= 0.3 is 0 Å². The minimum atomic E-state index is -0.663. The molecule has 0 aromatic rings. The minimum Gasteiger partial charge on any atom is -0.320 e. The molecule has 0 fully saturated rings. The predicted octanol–water partition coefficient (Wildman–Crippen LogP) is -0.124. The average molecular weight is 147 g/mol. The fourth-order valence-corrected chi connectivity index (χ4v) is 0.866. The number of nitrogens with one attached hydrogen (secondary N) is 1. The maximum Gasteiger partial charge on any atom is 0.255 e. The van der Waals surface area contributed by atoms with Crippen LogP contribution < -0.4 is 11.5 Å². The lowest BCUT2D eigenvalue weighted by molar-refractivity contribution is -0.119. The molecule has 53 valence electrons. The number of nitrogens with two attached hydrogens (primary N) is 1. The van der Waals surface area contributed by atoms with Crippen molar-refractivity contribution in [2.45, 2.75) is 12.5 Å². The number of carbonyl (C=O) groups is 1. The van der Waals surface area contributed by atoms with Gasteiger partial charge in [0.15, 0.2) is 0 Å². The Bertz CT molecular complexity index is 97.0. The Morgan fingerprint density at radius 2 is 2.44 bits per heavy atom. The van der Waals surface area contributed by atoms with Crippen LogP contribution in [0.1, 0.15) is 6.42 Å². The Balaban J connectivity index is 3.27. The predicted molar refractivity (Wildman–Crippen MR) is 39.1 cm³/mol. The van der Waals surface area contributed by atoms with E-state index < -0.39 is 11.9 Å². The topological polar surface area (TPSA) is 66.9 Å². The molecule has 0 aliphatic heterocycles. The van der Waals surface area contributed by atoms with Gasteiger partial charge in [0.1, 0.15) is 0 Å². The van der Waals surface area contributed by atoms with Gasteiger partial charge in [0.2, 0.25) is 0 Å². The van der Waals surface area contributed by atoms with Gasteiger partial charge in [0.25, 0.3) is 5.91 Å². The van der Waals surface area contributed by atoms with Gasteiger partial charge in [0, 0.05) is 0 Å². The molecule has 0 bridgehead atoms. The standard InChI is InChI=1S/C5H11N2OS/c1-9-3-2-4(6)5(7)8/h4,7H,2-3,6H2,1H3. The summed E-state index contributed by atoms with van der Waals surface area (Å²) in [6.07, 6.45) is 2.56. The molecule has 3 nitrogen and oxygen atoms in total. The summed E-state index contributed by atoms with van der Waals surface area (Å²) in [6, 6.07) is -0.572. The SMILES string of the molecule is CSCCC(N)C([NH])=O. The average Bonchev–Trinajstić information content (AvgIpc) is 1.82. The Hall–Kier alpha value is -0.220. The molecule has 0 rings (SSSR count). The van der Waals surface area contributed by atoms with E-state index in [1.807, 2.05) is 6.26 Å². The molecular formula is C5H11N2OS. The molecular weight excluding hydrogens is 136 g/mol. The third-order valence-corrected chi connectivity index (χ3v) is 1.61. The Morgan fingerprint density at radius 1 is 1.89 bits per heavy atom. The van der Waals surface area contributed by atoms with Crippen molar-refractivity contribution >= 4 is 17.7 Å². The molecule has 1 radical (unpaired) electrons. The van der Waals surface area contributed by atoms with Gasteiger partial charge in [-0.15, -0.1) is 0 Å². The van der Waals surface area contributed by atoms with E-state index in [0.29, 0.717) is 6.42 Å². The maximum atomic E-state index is 10.2. The molecule has 4 heteroatoms. The van der Waals surface area contributed by atoms with Crippen LogP contribution in [0.3, 0.4) is 0 Å². The van der Waals surface area contributed by atoms with Gasteiger partial charge < -0.3 is 5.73 Å². The fourth-order valence-electron chi connectivity index (χ4n) is 0.376. The summed E-state index contributed by atoms with van der Waals surface area (Å²) in [5.74, 6) is 0.190. The largest absolute Gasteiger partial charge is 0.320 e. The van der Waals surface area contributed by atoms with Gasteiger partial charge in [-0.1, -0.05) is 0 Å². The van der Waals surface area contributed by atoms with E-state index in [1.54, 1.807) is 11.8 Å². The molecule has 9 heavy (non-hydrogen) atoms. The van der Waals surface area contributed by atoms with E-state index in [1.165, 1.54) is 0 Å². The molecule has 0 saturated carbocycles. The van der Waals surface area contributed by atoms with Gasteiger partial charge in [-0.05, 0) is 18.4 Å². The van der Waals surface area contributed by atoms with E-state index in [-0.39, 0.29) is 0 Å². The van der Waals surface area contributed by atoms with Crippen LogP contribution in [0.2, 0.25) is 0 Å². The number of amides is 1. The molecule has 0 aliphatic rings. The highest BCUT2D eigenvalue weighted by atomic mass is 32.2. The highest BCUT2D eigenvalue weighted by molar-refractivity contribution is 7.98. The highest BCUT2D eigenvalue weighted by Gasteiger charge is 2.07. The van der Waals surface area contributed by atoms with Gasteiger partial charge in [-0.3, -0.25) is 10.5 Å². The third kappa shape index (κ3) is 4.29. The zero-order valence-electron chi connectivity index (χ0n) is 5.39. The summed E-state index contributed by atoms with van der Waals surface area (Å²) in [5.41, 5.74) is 11.8. The zero-order chi connectivity index (χ0) is 7.28. The van der Waals surface area contributed by atoms with Crippen LogP contribution in [-0.4, -0.2) is 24.0 Å². The normalized spacial score (nSPS) is 13.1. The number of hydrogen-bond acceptors (Lipinski definition) is 3. The van der Waals surface area contributed by atoms with Gasteiger partial charge in [0.05, 0.1) is 6.04 Å². The lowest BCUT2D eigenvalue weighted by Gasteiger charge is -2.02. The minimum absolute atomic E-state index is 0.572. The van der Waals surface area contributed by atoms with Crippen LogP contribution in [0.25, 0.3) is 0 Å². The Morgan fingerprint density at radius 3 is 2.78 bits per heavy atom. The first-order valence-electron chi connectivity index (χ1n) is 2.68. The van der Waals surface area contributed by atoms with Crippen molar-refractivity contribution in [3.8, 4) is 0 Å². The van der Waals surface area contributed by atoms with Crippen molar-refractivity contribution in [2.75, 3.05) is 12.0 Å². The fraction of sp³-hybridized carbons (Fsp3) is 0.800. The number of rotatable bonds is 4. The number of carbonyl (C=O) groups excluding carboxylic acids is 1. The number of thioether (sulfide) groups is 1. The second-order valence-corrected chi connectivity index (χ2v) is 2.74. The van der Waals surface area contributed by atoms with Gasteiger partial charge in [-0.25, -0.2) is 0 Å². The second-order valence-electron chi connectivity index (χ2n) is 1.75. The van der Waals surface area contributed by atoms with Crippen molar-refractivity contribution in [2.24, 2.45) is 5.73 Å². The van der Waals surface area contributed by atoms with Gasteiger partial charge in [-0.2, -0.15) is 11.8 Å². The first-order valence-corrected chi connectivity index (χ1v) is 4.08. The molecule has 0 aromatic carbocycles. The molecule has 0 saturated heterocycles. The van der Waals surface area contributed by atoms with E-state index in [9.17, 15) is 4.79 Å². The summed E-state index contributed by atoms with van der Waals surface area (Å²) in [7, 11) is 0. The first-order chi connectivity index (χ1) is 4.18. The van der Waals surface area contributed by atoms with Crippen molar-refractivity contribution in [1.29, 1.82) is 0 Å². The lowest BCUT2D eigenvalue weighted by atomic mass is 10.2. The Labute approximate surface area is 59.2 Å². The molecule has 3 N–H and O–H groups in total. The molecule has 1 unspecified atom stereocenters. The smallest absolute Gasteiger partial charge is 0.255 e. The monoisotopic (exact) mass is 147 g/mol. The maximum absolute atomic E-state index is 10.2. The molecule has 0 aliphatic carbocycles. The van der Waals surface area contributed by atoms with Crippen molar-refractivity contribution in [3.05, 3.63) is 0 Å². The van der Waals surface area contributed by atoms with Crippen LogP contribution in [0.5, 0.6) is 0 Å². The van der Waals surface area contributed by atoms with E-state index in [0.717, 1.165) is 5.75 Å². The van der Waals surface area contributed by atoms with Crippen molar-refractivity contribution in [3.63, 3.8) is 0 Å². The zero-order valence-corrected chi connectivity index (χ0v) is 6.20. The van der Waals surface area contributed by atoms with E-state index in [4.69, 9.17) is 11.5 Å². The molecule has 0 heterocycles. The summed E-state index contributed by atoms with van der Waals surface area (Å²) < 4.78 is 0. The lowest BCUT2D eigenvalue weighted by Crippen LogP contribution is -2.31. The second kappa shape index (κ2) is 4.64. The summed E-state index contributed by atoms with van der Waals surface area (Å²) >= 11 is 1.63. The van der Waals surface area contributed by atoms with E-state index >= 15 is 0 Å². The van der Waals surface area contributed by atoms with Crippen LogP contribution in [0.4, 0.5) is 0 Å². The van der Waals surface area contributed by atoms with Crippen molar-refractivity contribution in [1.82, 2.24) is 5.73 Å². The van der Waals surface area contributed by atoms with Crippen LogP contribution >= 0.6 is 11.8 Å². The quantitative estimate of drug-likeness (QED) is 0.602. The number of hydrogen-bond donors (Lipinski definition) is 1. The molecule has 0 aromatic heterocycles. The summed E-state index contributed by atoms with van der Waals surface area (Å²) in [6.45, 7) is 0. The van der Waals surface area contributed by atoms with Crippen molar-refractivity contribution < 1.29 is 4.79 Å². The molecule has 0 spiro atoms. The van der Waals surface area contributed by atoms with Crippen LogP contribution in [0, 0.1) is 0 Å². The van der Waals surface area contributed by atoms with Crippen LogP contribution in [-0.2, 0) is 4.79 Å².